The third-order valence-electron chi connectivity index (χ3n) is 3.02. The molecule has 0 aromatic carbocycles. The number of anilines is 1. The lowest BCUT2D eigenvalue weighted by molar-refractivity contribution is 0.401. The van der Waals surface area contributed by atoms with Gasteiger partial charge in [0.1, 0.15) is 5.82 Å². The zero-order chi connectivity index (χ0) is 14.4. The van der Waals surface area contributed by atoms with Crippen molar-refractivity contribution in [3.05, 3.63) is 17.7 Å². The molecular weight excluding hydrogens is 260 g/mol. The summed E-state index contributed by atoms with van der Waals surface area (Å²) >= 11 is 6.01. The molecule has 0 N–H and O–H groups in total. The molecule has 1 aromatic rings. The summed E-state index contributed by atoms with van der Waals surface area (Å²) in [5, 5.41) is 0. The minimum atomic E-state index is 0.329. The fraction of sp³-hybridized carbons (Fsp3) is 0.714. The van der Waals surface area contributed by atoms with Gasteiger partial charge in [0.25, 0.3) is 0 Å². The minimum Gasteiger partial charge on any atom is -0.372 e. The third-order valence-corrected chi connectivity index (χ3v) is 3.27. The van der Waals surface area contributed by atoms with Crippen LogP contribution in [0.3, 0.4) is 0 Å². The summed E-state index contributed by atoms with van der Waals surface area (Å²) in [6.07, 6.45) is 3.01. The molecule has 0 atom stereocenters. The van der Waals surface area contributed by atoms with Gasteiger partial charge in [0.2, 0.25) is 0 Å². The van der Waals surface area contributed by atoms with Gasteiger partial charge in [0, 0.05) is 19.5 Å². The second kappa shape index (κ2) is 7.65. The van der Waals surface area contributed by atoms with Gasteiger partial charge < -0.3 is 9.80 Å². The van der Waals surface area contributed by atoms with Crippen LogP contribution in [-0.4, -0.2) is 49.1 Å². The molecule has 0 aliphatic heterocycles. The van der Waals surface area contributed by atoms with Gasteiger partial charge in [0.05, 0.1) is 23.5 Å². The molecule has 5 heteroatoms. The lowest BCUT2D eigenvalue weighted by Crippen LogP contribution is -2.24. The first-order chi connectivity index (χ1) is 8.95. The quantitative estimate of drug-likeness (QED) is 0.721. The summed E-state index contributed by atoms with van der Waals surface area (Å²) in [4.78, 5) is 13.4. The van der Waals surface area contributed by atoms with E-state index in [0.29, 0.717) is 11.8 Å². The van der Waals surface area contributed by atoms with E-state index in [2.05, 4.69) is 54.8 Å². The second-order valence-electron chi connectivity index (χ2n) is 5.43. The van der Waals surface area contributed by atoms with Gasteiger partial charge in [-0.2, -0.15) is 0 Å². The second-order valence-corrected chi connectivity index (χ2v) is 5.69. The van der Waals surface area contributed by atoms with Crippen LogP contribution in [0.5, 0.6) is 0 Å². The zero-order valence-corrected chi connectivity index (χ0v) is 13.4. The average molecular weight is 285 g/mol. The van der Waals surface area contributed by atoms with Crippen LogP contribution in [0.4, 0.5) is 5.69 Å². The first-order valence-electron chi connectivity index (χ1n) is 6.73. The molecule has 0 radical (unpaired) electrons. The average Bonchev–Trinajstić information content (AvgIpc) is 2.37. The monoisotopic (exact) mass is 284 g/mol. The molecule has 1 heterocycles. The fourth-order valence-electron chi connectivity index (χ4n) is 1.87. The Labute approximate surface area is 121 Å². The molecule has 0 amide bonds. The van der Waals surface area contributed by atoms with Crippen LogP contribution in [0.2, 0.25) is 0 Å². The largest absolute Gasteiger partial charge is 0.372 e. The van der Waals surface area contributed by atoms with Crippen LogP contribution in [-0.2, 0) is 5.88 Å². The van der Waals surface area contributed by atoms with E-state index in [4.69, 9.17) is 11.6 Å². The van der Waals surface area contributed by atoms with Crippen molar-refractivity contribution in [3.63, 3.8) is 0 Å². The normalized spacial score (nSPS) is 11.4. The molecule has 0 unspecified atom stereocenters. The van der Waals surface area contributed by atoms with Gasteiger partial charge in [-0.25, -0.2) is 9.97 Å². The van der Waals surface area contributed by atoms with E-state index in [-0.39, 0.29) is 0 Å². The van der Waals surface area contributed by atoms with Crippen LogP contribution < -0.4 is 4.90 Å². The maximum Gasteiger partial charge on any atom is 0.131 e. The Hall–Kier alpha value is -0.870. The number of hydrogen-bond acceptors (Lipinski definition) is 4. The first-order valence-corrected chi connectivity index (χ1v) is 7.26. The number of alkyl halides is 1. The number of aromatic nitrogens is 2. The molecule has 0 saturated carbocycles. The lowest BCUT2D eigenvalue weighted by atomic mass is 10.2. The van der Waals surface area contributed by atoms with Crippen molar-refractivity contribution in [2.24, 2.45) is 0 Å². The van der Waals surface area contributed by atoms with Crippen LogP contribution in [0.15, 0.2) is 6.20 Å². The highest BCUT2D eigenvalue weighted by Crippen LogP contribution is 2.21. The number of nitrogens with zero attached hydrogens (tertiary/aromatic N) is 4. The Morgan fingerprint density at radius 3 is 2.42 bits per heavy atom. The molecule has 19 heavy (non-hydrogen) atoms. The molecule has 4 nitrogen and oxygen atoms in total. The van der Waals surface area contributed by atoms with Crippen molar-refractivity contribution in [2.45, 2.75) is 32.1 Å². The first kappa shape index (κ1) is 16.2. The van der Waals surface area contributed by atoms with Crippen LogP contribution >= 0.6 is 11.6 Å². The molecular formula is C14H25ClN4. The van der Waals surface area contributed by atoms with Crippen LogP contribution in [0, 0.1) is 0 Å². The fourth-order valence-corrected chi connectivity index (χ4v) is 2.06. The summed E-state index contributed by atoms with van der Waals surface area (Å²) < 4.78 is 0. The summed E-state index contributed by atoms with van der Waals surface area (Å²) in [6.45, 7) is 6.24. The van der Waals surface area contributed by atoms with Gasteiger partial charge in [-0.3, -0.25) is 0 Å². The predicted octanol–water partition coefficient (Wildman–Crippen LogP) is 2.73. The van der Waals surface area contributed by atoms with E-state index in [1.54, 1.807) is 0 Å². The van der Waals surface area contributed by atoms with Gasteiger partial charge in [0.15, 0.2) is 0 Å². The SMILES string of the molecule is CC(C)c1ncc(N(C)CCCN(C)C)c(CCl)n1. The van der Waals surface area contributed by atoms with E-state index >= 15 is 0 Å². The van der Waals surface area contributed by atoms with Crippen molar-refractivity contribution in [3.8, 4) is 0 Å². The van der Waals surface area contributed by atoms with Crippen molar-refractivity contribution >= 4 is 17.3 Å². The van der Waals surface area contributed by atoms with Crippen molar-refractivity contribution in [1.82, 2.24) is 14.9 Å². The summed E-state index contributed by atoms with van der Waals surface area (Å²) in [7, 11) is 6.24. The highest BCUT2D eigenvalue weighted by atomic mass is 35.5. The van der Waals surface area contributed by atoms with E-state index < -0.39 is 0 Å². The van der Waals surface area contributed by atoms with E-state index in [1.807, 2.05) is 6.20 Å². The van der Waals surface area contributed by atoms with Crippen molar-refractivity contribution in [1.29, 1.82) is 0 Å². The molecule has 1 rings (SSSR count). The number of rotatable bonds is 7. The third kappa shape index (κ3) is 4.96. The van der Waals surface area contributed by atoms with Crippen molar-refractivity contribution in [2.75, 3.05) is 39.1 Å². The molecule has 0 saturated heterocycles. The molecule has 0 bridgehead atoms. The zero-order valence-electron chi connectivity index (χ0n) is 12.6. The molecule has 108 valence electrons. The topological polar surface area (TPSA) is 32.3 Å². The van der Waals surface area contributed by atoms with Gasteiger partial charge in [-0.15, -0.1) is 11.6 Å². The molecule has 0 aliphatic carbocycles. The van der Waals surface area contributed by atoms with E-state index in [0.717, 1.165) is 36.7 Å². The highest BCUT2D eigenvalue weighted by Gasteiger charge is 2.12. The summed E-state index contributed by atoms with van der Waals surface area (Å²) in [5.41, 5.74) is 1.96. The van der Waals surface area contributed by atoms with Gasteiger partial charge in [-0.05, 0) is 27.1 Å². The van der Waals surface area contributed by atoms with Crippen molar-refractivity contribution < 1.29 is 0 Å². The van der Waals surface area contributed by atoms with Crippen LogP contribution in [0.25, 0.3) is 0 Å². The Kier molecular flexibility index (Phi) is 6.52. The minimum absolute atomic E-state index is 0.329. The standard InChI is InChI=1S/C14H25ClN4/c1-11(2)14-16-10-13(12(9-15)17-14)19(5)8-6-7-18(3)4/h10-11H,6-9H2,1-5H3. The maximum atomic E-state index is 6.01. The van der Waals surface area contributed by atoms with Crippen LogP contribution in [0.1, 0.15) is 37.7 Å². The Bertz CT molecular complexity index is 393. The molecule has 0 spiro atoms. The smallest absolute Gasteiger partial charge is 0.131 e. The molecule has 0 aliphatic rings. The number of hydrogen-bond donors (Lipinski definition) is 0. The summed E-state index contributed by atoms with van der Waals surface area (Å²) in [5.74, 6) is 1.62. The molecule has 0 fully saturated rings. The van der Waals surface area contributed by atoms with E-state index in [1.165, 1.54) is 0 Å². The van der Waals surface area contributed by atoms with Gasteiger partial charge >= 0.3 is 0 Å². The lowest BCUT2D eigenvalue weighted by Gasteiger charge is -2.22. The van der Waals surface area contributed by atoms with E-state index in [9.17, 15) is 0 Å². The Morgan fingerprint density at radius 2 is 1.89 bits per heavy atom. The Morgan fingerprint density at radius 1 is 1.21 bits per heavy atom. The predicted molar refractivity (Wildman–Crippen MR) is 82.1 cm³/mol. The highest BCUT2D eigenvalue weighted by molar-refractivity contribution is 6.17. The summed E-state index contributed by atoms with van der Waals surface area (Å²) in [6, 6.07) is 0. The molecule has 1 aromatic heterocycles. The maximum absolute atomic E-state index is 6.01. The van der Waals surface area contributed by atoms with Gasteiger partial charge in [-0.1, -0.05) is 13.8 Å². The Balaban J connectivity index is 2.76. The number of halogens is 1.